The van der Waals surface area contributed by atoms with Crippen molar-refractivity contribution < 1.29 is 14.6 Å². The number of benzene rings is 1. The van der Waals surface area contributed by atoms with E-state index in [0.29, 0.717) is 19.0 Å². The van der Waals surface area contributed by atoms with Gasteiger partial charge in [-0.15, -0.1) is 0 Å². The van der Waals surface area contributed by atoms with Gasteiger partial charge in [0.2, 0.25) is 0 Å². The van der Waals surface area contributed by atoms with Crippen molar-refractivity contribution in [2.45, 2.75) is 70.1 Å². The van der Waals surface area contributed by atoms with E-state index in [0.717, 1.165) is 55.7 Å². The molecule has 2 saturated carbocycles. The van der Waals surface area contributed by atoms with Gasteiger partial charge < -0.3 is 25.2 Å². The third-order valence-electron chi connectivity index (χ3n) is 5.49. The number of ether oxygens (including phenoxy) is 2. The van der Waals surface area contributed by atoms with Gasteiger partial charge in [0.1, 0.15) is 0 Å². The van der Waals surface area contributed by atoms with Gasteiger partial charge >= 0.3 is 0 Å². The number of rotatable bonds is 8. The minimum absolute atomic E-state index is 0.267. The van der Waals surface area contributed by atoms with Crippen LogP contribution in [0.3, 0.4) is 0 Å². The summed E-state index contributed by atoms with van der Waals surface area (Å²) in [7, 11) is 1.68. The van der Waals surface area contributed by atoms with Gasteiger partial charge in [0.05, 0.1) is 25.4 Å². The fourth-order valence-electron chi connectivity index (χ4n) is 3.67. The molecule has 150 valence electrons. The molecule has 0 aromatic heterocycles. The Kier molecular flexibility index (Phi) is 6.83. The van der Waals surface area contributed by atoms with Crippen molar-refractivity contribution in [1.82, 2.24) is 10.6 Å². The molecule has 0 radical (unpaired) electrons. The van der Waals surface area contributed by atoms with E-state index in [1.807, 2.05) is 25.1 Å². The van der Waals surface area contributed by atoms with Gasteiger partial charge in [-0.1, -0.05) is 12.1 Å². The van der Waals surface area contributed by atoms with E-state index in [1.54, 1.807) is 7.11 Å². The molecule has 0 heterocycles. The Morgan fingerprint density at radius 3 is 2.63 bits per heavy atom. The van der Waals surface area contributed by atoms with E-state index in [2.05, 4.69) is 10.6 Å². The molecule has 0 saturated heterocycles. The zero-order valence-corrected chi connectivity index (χ0v) is 16.6. The number of para-hydroxylation sites is 1. The van der Waals surface area contributed by atoms with E-state index < -0.39 is 5.60 Å². The molecule has 0 amide bonds. The molecule has 27 heavy (non-hydrogen) atoms. The van der Waals surface area contributed by atoms with Crippen molar-refractivity contribution >= 4 is 5.96 Å². The molecule has 6 nitrogen and oxygen atoms in total. The summed E-state index contributed by atoms with van der Waals surface area (Å²) in [5.41, 5.74) is 0.434. The average Bonchev–Trinajstić information content (AvgIpc) is 3.16. The van der Waals surface area contributed by atoms with Crippen molar-refractivity contribution in [2.24, 2.45) is 4.99 Å². The van der Waals surface area contributed by atoms with Crippen molar-refractivity contribution in [3.8, 4) is 11.5 Å². The predicted molar refractivity (Wildman–Crippen MR) is 107 cm³/mol. The number of nitrogens with one attached hydrogen (secondary N) is 2. The first-order chi connectivity index (χ1) is 13.1. The summed E-state index contributed by atoms with van der Waals surface area (Å²) < 4.78 is 11.8. The highest BCUT2D eigenvalue weighted by molar-refractivity contribution is 5.79. The van der Waals surface area contributed by atoms with Crippen LogP contribution < -0.4 is 20.1 Å². The third-order valence-corrected chi connectivity index (χ3v) is 5.49. The summed E-state index contributed by atoms with van der Waals surface area (Å²) in [4.78, 5) is 4.70. The summed E-state index contributed by atoms with van der Waals surface area (Å²) >= 11 is 0. The highest BCUT2D eigenvalue weighted by Crippen LogP contribution is 2.35. The Bertz CT molecular complexity index is 638. The molecule has 1 aromatic carbocycles. The zero-order chi connectivity index (χ0) is 19.1. The number of nitrogens with zero attached hydrogens (tertiary/aromatic N) is 1. The summed E-state index contributed by atoms with van der Waals surface area (Å²) in [6.45, 7) is 3.83. The van der Waals surface area contributed by atoms with Crippen LogP contribution in [0.4, 0.5) is 0 Å². The molecule has 2 aliphatic carbocycles. The van der Waals surface area contributed by atoms with E-state index in [-0.39, 0.29) is 6.10 Å². The lowest BCUT2D eigenvalue weighted by molar-refractivity contribution is -0.0279. The number of aliphatic hydroxyl groups is 1. The average molecular weight is 376 g/mol. The zero-order valence-electron chi connectivity index (χ0n) is 16.6. The molecule has 3 rings (SSSR count). The largest absolute Gasteiger partial charge is 0.493 e. The van der Waals surface area contributed by atoms with E-state index in [4.69, 9.17) is 14.5 Å². The number of hydrogen-bond donors (Lipinski definition) is 3. The molecule has 0 bridgehead atoms. The monoisotopic (exact) mass is 375 g/mol. The SMILES string of the molecule is CCNC(=NCc1cccc(OC)c1OC1CCCC1)NCC1(O)CCC1. The van der Waals surface area contributed by atoms with Crippen LogP contribution in [0.25, 0.3) is 0 Å². The molecule has 0 spiro atoms. The van der Waals surface area contributed by atoms with Crippen LogP contribution in [0.2, 0.25) is 0 Å². The lowest BCUT2D eigenvalue weighted by atomic mass is 9.80. The number of aliphatic imine (C=N–C) groups is 1. The molecule has 6 heteroatoms. The van der Waals surface area contributed by atoms with Crippen LogP contribution in [-0.2, 0) is 6.54 Å². The van der Waals surface area contributed by atoms with Gasteiger partial charge in [-0.3, -0.25) is 0 Å². The highest BCUT2D eigenvalue weighted by atomic mass is 16.5. The normalized spacial score (nSPS) is 19.4. The summed E-state index contributed by atoms with van der Waals surface area (Å²) in [6.07, 6.45) is 7.73. The van der Waals surface area contributed by atoms with Crippen molar-refractivity contribution in [2.75, 3.05) is 20.2 Å². The molecule has 2 fully saturated rings. The highest BCUT2D eigenvalue weighted by Gasteiger charge is 2.34. The number of methoxy groups -OCH3 is 1. The third kappa shape index (κ3) is 5.28. The lowest BCUT2D eigenvalue weighted by Crippen LogP contribution is -2.50. The molecular formula is C21H33N3O3. The van der Waals surface area contributed by atoms with Crippen molar-refractivity contribution in [3.05, 3.63) is 23.8 Å². The summed E-state index contributed by atoms with van der Waals surface area (Å²) in [5, 5.41) is 16.8. The summed E-state index contributed by atoms with van der Waals surface area (Å²) in [5.74, 6) is 2.29. The second-order valence-electron chi connectivity index (χ2n) is 7.60. The van der Waals surface area contributed by atoms with Crippen LogP contribution in [0.15, 0.2) is 23.2 Å². The minimum atomic E-state index is -0.580. The van der Waals surface area contributed by atoms with Gasteiger partial charge in [0.15, 0.2) is 17.5 Å². The smallest absolute Gasteiger partial charge is 0.191 e. The second kappa shape index (κ2) is 9.31. The quantitative estimate of drug-likeness (QED) is 0.481. The van der Waals surface area contributed by atoms with Crippen LogP contribution in [0.5, 0.6) is 11.5 Å². The van der Waals surface area contributed by atoms with E-state index in [1.165, 1.54) is 12.8 Å². The Morgan fingerprint density at radius 1 is 1.22 bits per heavy atom. The first-order valence-electron chi connectivity index (χ1n) is 10.2. The fourth-order valence-corrected chi connectivity index (χ4v) is 3.67. The molecule has 0 atom stereocenters. The fraction of sp³-hybridized carbons (Fsp3) is 0.667. The maximum atomic E-state index is 10.3. The molecule has 2 aliphatic rings. The van der Waals surface area contributed by atoms with Gasteiger partial charge in [-0.2, -0.15) is 0 Å². The van der Waals surface area contributed by atoms with Crippen LogP contribution in [0.1, 0.15) is 57.4 Å². The van der Waals surface area contributed by atoms with Crippen molar-refractivity contribution in [3.63, 3.8) is 0 Å². The molecule has 0 unspecified atom stereocenters. The maximum Gasteiger partial charge on any atom is 0.191 e. The lowest BCUT2D eigenvalue weighted by Gasteiger charge is -2.37. The van der Waals surface area contributed by atoms with Crippen molar-refractivity contribution in [1.29, 1.82) is 0 Å². The first kappa shape index (κ1) is 19.8. The van der Waals surface area contributed by atoms with E-state index >= 15 is 0 Å². The molecule has 0 aliphatic heterocycles. The Balaban J connectivity index is 1.70. The van der Waals surface area contributed by atoms with E-state index in [9.17, 15) is 5.11 Å². The first-order valence-corrected chi connectivity index (χ1v) is 10.2. The van der Waals surface area contributed by atoms with Crippen LogP contribution in [-0.4, -0.2) is 43.0 Å². The molecular weight excluding hydrogens is 342 g/mol. The van der Waals surface area contributed by atoms with Crippen LogP contribution in [0, 0.1) is 0 Å². The predicted octanol–water partition coefficient (Wildman–Crippen LogP) is 2.99. The van der Waals surface area contributed by atoms with Crippen LogP contribution >= 0.6 is 0 Å². The molecule has 3 N–H and O–H groups in total. The topological polar surface area (TPSA) is 75.1 Å². The summed E-state index contributed by atoms with van der Waals surface area (Å²) in [6, 6.07) is 5.95. The van der Waals surface area contributed by atoms with Gasteiger partial charge in [0.25, 0.3) is 0 Å². The Hall–Kier alpha value is -1.95. The number of guanidine groups is 1. The maximum absolute atomic E-state index is 10.3. The number of hydrogen-bond acceptors (Lipinski definition) is 4. The van der Waals surface area contributed by atoms with Gasteiger partial charge in [0, 0.05) is 18.7 Å². The second-order valence-corrected chi connectivity index (χ2v) is 7.60. The Morgan fingerprint density at radius 2 is 2.00 bits per heavy atom. The Labute approximate surface area is 162 Å². The van der Waals surface area contributed by atoms with Gasteiger partial charge in [-0.05, 0) is 57.9 Å². The molecule has 1 aromatic rings. The van der Waals surface area contributed by atoms with Gasteiger partial charge in [-0.25, -0.2) is 4.99 Å². The minimum Gasteiger partial charge on any atom is -0.493 e. The standard InChI is InChI=1S/C21H33N3O3/c1-3-22-20(24-15-21(25)12-7-13-21)23-14-16-8-6-11-18(26-2)19(16)27-17-9-4-5-10-17/h6,8,11,17,25H,3-5,7,9-10,12-15H2,1-2H3,(H2,22,23,24).